The molecule has 0 saturated carbocycles. The van der Waals surface area contributed by atoms with Crippen LogP contribution in [0.25, 0.3) is 27.9 Å². The van der Waals surface area contributed by atoms with Gasteiger partial charge in [-0.25, -0.2) is 27.4 Å². The standard InChI is InChI=1S/C51H66N13/c1-11-54-28-29-55(12-2)48(54)44-36-20-21-37(53(36)10)45(49-56(13-3)30-31-57(49)14-4)40-24-26-42-47(51-60(17-7)34-35-61(51)18-8)43-27-25-41(64(43)52-63(40)42)46(39-23-22-38(44)62(39)19-9)50-58(15-5)32-33-59(50)16-6/h20-33H,11-19,34-35H2,1-10H3/q+5/p+1. The summed E-state index contributed by atoms with van der Waals surface area (Å²) in [4.78, 5) is 2.58. The average Bonchev–Trinajstić information content (AvgIpc) is 4.19. The van der Waals surface area contributed by atoms with Crippen LogP contribution >= 0.6 is 0 Å². The summed E-state index contributed by atoms with van der Waals surface area (Å²) < 4.78 is 26.9. The summed E-state index contributed by atoms with van der Waals surface area (Å²) in [6.07, 6.45) is 18.3. The molecule has 330 valence electrons. The van der Waals surface area contributed by atoms with Crippen LogP contribution in [0.15, 0.2) is 91.4 Å². The summed E-state index contributed by atoms with van der Waals surface area (Å²) in [5.41, 5.74) is 11.8. The van der Waals surface area contributed by atoms with Crippen LogP contribution in [0.2, 0.25) is 0 Å². The van der Waals surface area contributed by atoms with Crippen molar-refractivity contribution in [1.29, 1.82) is 0 Å². The third kappa shape index (κ3) is 5.88. The number of H-pyrrole nitrogens is 1. The van der Waals surface area contributed by atoms with Crippen LogP contribution in [0.3, 0.4) is 0 Å². The third-order valence-electron chi connectivity index (χ3n) is 14.3. The van der Waals surface area contributed by atoms with Crippen molar-refractivity contribution in [2.24, 2.45) is 7.05 Å². The smallest absolute Gasteiger partial charge is 0.300 e. The first kappa shape index (κ1) is 41.5. The number of hydrogen-bond donors (Lipinski definition) is 1. The second-order valence-corrected chi connectivity index (χ2v) is 17.1. The number of nitrogens with one attached hydrogen (secondary N) is 1. The Morgan fingerprint density at radius 2 is 1.19 bits per heavy atom. The molecule has 5 aromatic heterocycles. The maximum absolute atomic E-state index is 4.12. The molecule has 1 N–H and O–H groups in total. The first-order chi connectivity index (χ1) is 31.3. The molecule has 0 amide bonds. The SMILES string of the molecule is CCN1CC[N+](CC)=C1c1c2ccc3[n+]-2[nH]n2c(ccc12)C(c1n(CC)cc[n+]1CC)=C1C=CC(=[N+]1CC)C(c1n(CC)cc[n+]1CC)=c1ccc(n1C)=C3c1n(CC)cc[n+]1CC. The van der Waals surface area contributed by atoms with E-state index in [0.717, 1.165) is 94.4 Å². The van der Waals surface area contributed by atoms with Crippen LogP contribution in [0.1, 0.15) is 96.7 Å². The number of amidine groups is 1. The predicted octanol–water partition coefficient (Wildman–Crippen LogP) is 3.08. The minimum atomic E-state index is 0.789. The topological polar surface area (TPSA) is 64.7 Å². The summed E-state index contributed by atoms with van der Waals surface area (Å²) in [5.74, 6) is 4.89. The van der Waals surface area contributed by atoms with Crippen LogP contribution in [-0.4, -0.2) is 86.3 Å². The Hall–Kier alpha value is -6.50. The van der Waals surface area contributed by atoms with Gasteiger partial charge in [-0.2, -0.15) is 4.58 Å². The van der Waals surface area contributed by atoms with E-state index in [-0.39, 0.29) is 0 Å². The molecule has 13 nitrogen and oxygen atoms in total. The van der Waals surface area contributed by atoms with Gasteiger partial charge < -0.3 is 4.57 Å². The highest BCUT2D eigenvalue weighted by Crippen LogP contribution is 2.34. The zero-order chi connectivity index (χ0) is 44.6. The number of allylic oxidation sites excluding steroid dienone is 2. The highest BCUT2D eigenvalue weighted by Gasteiger charge is 2.44. The van der Waals surface area contributed by atoms with Gasteiger partial charge in [0.1, 0.15) is 62.4 Å². The third-order valence-corrected chi connectivity index (χ3v) is 14.3. The maximum Gasteiger partial charge on any atom is 0.300 e. The van der Waals surface area contributed by atoms with E-state index in [1.807, 2.05) is 0 Å². The number of aryl methyl sites for hydroxylation is 6. The van der Waals surface area contributed by atoms with Crippen molar-refractivity contribution in [3.63, 3.8) is 0 Å². The molecule has 0 aliphatic carbocycles. The molecule has 0 aromatic carbocycles. The Morgan fingerprint density at radius 3 is 1.75 bits per heavy atom. The molecule has 5 aliphatic heterocycles. The normalized spacial score (nSPS) is 15.4. The van der Waals surface area contributed by atoms with Gasteiger partial charge in [0.15, 0.2) is 39.3 Å². The number of aromatic amines is 1. The molecule has 0 atom stereocenters. The van der Waals surface area contributed by atoms with E-state index in [1.165, 1.54) is 67.9 Å². The van der Waals surface area contributed by atoms with Gasteiger partial charge >= 0.3 is 0 Å². The lowest BCUT2D eigenvalue weighted by Gasteiger charge is -2.15. The molecule has 6 bridgehead atoms. The van der Waals surface area contributed by atoms with E-state index in [4.69, 9.17) is 0 Å². The second-order valence-electron chi connectivity index (χ2n) is 17.1. The van der Waals surface area contributed by atoms with Crippen molar-refractivity contribution >= 4 is 33.8 Å². The first-order valence-corrected chi connectivity index (χ1v) is 24.0. The van der Waals surface area contributed by atoms with Crippen LogP contribution in [0.5, 0.6) is 0 Å². The Morgan fingerprint density at radius 1 is 0.594 bits per heavy atom. The monoisotopic (exact) mass is 862 g/mol. The molecule has 0 fully saturated rings. The fourth-order valence-corrected chi connectivity index (χ4v) is 11.0. The van der Waals surface area contributed by atoms with Crippen LogP contribution < -0.4 is 29.1 Å². The van der Waals surface area contributed by atoms with Gasteiger partial charge in [-0.1, -0.05) is 5.21 Å². The molecule has 0 unspecified atom stereocenters. The number of aromatic nitrogens is 10. The largest absolute Gasteiger partial charge is 0.343 e. The van der Waals surface area contributed by atoms with Crippen molar-refractivity contribution in [1.82, 2.24) is 32.9 Å². The highest BCUT2D eigenvalue weighted by molar-refractivity contribution is 6.26. The molecular weight excluding hydrogens is 795 g/mol. The van der Waals surface area contributed by atoms with Crippen LogP contribution in [0, 0.1) is 0 Å². The van der Waals surface area contributed by atoms with Crippen molar-refractivity contribution < 1.29 is 27.5 Å². The van der Waals surface area contributed by atoms with Crippen molar-refractivity contribution in [2.75, 3.05) is 32.7 Å². The van der Waals surface area contributed by atoms with Gasteiger partial charge in [-0.15, -0.1) is 9.20 Å². The lowest BCUT2D eigenvalue weighted by atomic mass is 10.1. The number of nitrogens with zero attached hydrogens (tertiary/aromatic N) is 12. The van der Waals surface area contributed by atoms with E-state index in [0.29, 0.717) is 0 Å². The summed E-state index contributed by atoms with van der Waals surface area (Å²) >= 11 is 0. The molecule has 13 heteroatoms. The summed E-state index contributed by atoms with van der Waals surface area (Å²) in [6, 6.07) is 14.2. The second kappa shape index (κ2) is 16.2. The Balaban J connectivity index is 1.49. The molecule has 5 aliphatic rings. The average molecular weight is 862 g/mol. The van der Waals surface area contributed by atoms with Gasteiger partial charge in [0, 0.05) is 19.2 Å². The molecule has 5 aromatic rings. The zero-order valence-electron chi connectivity index (χ0n) is 39.7. The van der Waals surface area contributed by atoms with Crippen molar-refractivity contribution in [3.8, 4) is 5.69 Å². The van der Waals surface area contributed by atoms with E-state index >= 15 is 0 Å². The summed E-state index contributed by atoms with van der Waals surface area (Å²) in [5, 5.41) is 6.45. The maximum atomic E-state index is 4.12. The molecule has 0 spiro atoms. The Kier molecular flexibility index (Phi) is 10.5. The van der Waals surface area contributed by atoms with Crippen LogP contribution in [-0.2, 0) is 46.3 Å². The molecule has 10 rings (SSSR count). The number of likely N-dealkylation sites (N-methyl/N-ethyl adjacent to an activating group) is 3. The molecule has 64 heavy (non-hydrogen) atoms. The fraction of sp³-hybridized carbons (Fsp3) is 0.412. The van der Waals surface area contributed by atoms with Crippen LogP contribution in [0.4, 0.5) is 0 Å². The summed E-state index contributed by atoms with van der Waals surface area (Å²) in [6.45, 7) is 30.2. The van der Waals surface area contributed by atoms with E-state index in [2.05, 4.69) is 216 Å². The van der Waals surface area contributed by atoms with Crippen molar-refractivity contribution in [2.45, 2.75) is 102 Å². The lowest BCUT2D eigenvalue weighted by Crippen LogP contribution is -2.47. The molecule has 0 saturated heterocycles. The van der Waals surface area contributed by atoms with Crippen molar-refractivity contribution in [3.05, 3.63) is 137 Å². The first-order valence-electron chi connectivity index (χ1n) is 24.0. The minimum Gasteiger partial charge on any atom is -0.343 e. The fourth-order valence-electron chi connectivity index (χ4n) is 11.0. The predicted molar refractivity (Wildman–Crippen MR) is 249 cm³/mol. The zero-order valence-corrected chi connectivity index (χ0v) is 39.7. The van der Waals surface area contributed by atoms with Gasteiger partial charge in [-0.05, 0) is 98.7 Å². The number of rotatable bonds is 13. The van der Waals surface area contributed by atoms with Gasteiger partial charge in [-0.3, -0.25) is 9.48 Å². The lowest BCUT2D eigenvalue weighted by molar-refractivity contribution is -0.697. The highest BCUT2D eigenvalue weighted by atomic mass is 15.5. The Bertz CT molecular complexity index is 3140. The quantitative estimate of drug-likeness (QED) is 0.178. The molecule has 0 radical (unpaired) electrons. The molecular formula is C51H67N13+6. The Labute approximate surface area is 376 Å². The van der Waals surface area contributed by atoms with E-state index in [1.54, 1.807) is 0 Å². The number of hydrogen-bond acceptors (Lipinski definition) is 1. The molecule has 10 heterocycles. The van der Waals surface area contributed by atoms with Gasteiger partial charge in [0.25, 0.3) is 23.3 Å². The van der Waals surface area contributed by atoms with E-state index in [9.17, 15) is 0 Å². The number of imidazole rings is 3. The summed E-state index contributed by atoms with van der Waals surface area (Å²) in [7, 11) is 2.28. The van der Waals surface area contributed by atoms with E-state index < -0.39 is 0 Å². The minimum absolute atomic E-state index is 0.789. The van der Waals surface area contributed by atoms with Gasteiger partial charge in [0.2, 0.25) is 11.4 Å². The van der Waals surface area contributed by atoms with Gasteiger partial charge in [0.05, 0.1) is 63.1 Å². The number of fused-ring (bicyclic) bond motifs is 3.